The molecule has 2 heterocycles. The largest absolute Gasteiger partial charge is 0.316 e. The first kappa shape index (κ1) is 11.4. The molecule has 88 valence electrons. The molecule has 0 radical (unpaired) electrons. The number of likely N-dealkylation sites (tertiary alicyclic amines) is 1. The second-order valence-corrected chi connectivity index (χ2v) is 5.87. The molecule has 0 aliphatic carbocycles. The SMILES string of the molecule is CC1CCN(CC2CNCC2C)C(C)C1. The summed E-state index contributed by atoms with van der Waals surface area (Å²) in [6, 6.07) is 0.807. The fourth-order valence-corrected chi connectivity index (χ4v) is 3.14. The van der Waals surface area contributed by atoms with E-state index in [2.05, 4.69) is 31.0 Å². The number of rotatable bonds is 2. The van der Waals surface area contributed by atoms with Crippen LogP contribution >= 0.6 is 0 Å². The molecule has 15 heavy (non-hydrogen) atoms. The lowest BCUT2D eigenvalue weighted by Crippen LogP contribution is -2.43. The average molecular weight is 210 g/mol. The van der Waals surface area contributed by atoms with Gasteiger partial charge in [0.2, 0.25) is 0 Å². The Morgan fingerprint density at radius 2 is 2.00 bits per heavy atom. The molecule has 4 atom stereocenters. The van der Waals surface area contributed by atoms with Gasteiger partial charge in [0.1, 0.15) is 0 Å². The minimum atomic E-state index is 0.807. The van der Waals surface area contributed by atoms with Crippen LogP contribution in [0.25, 0.3) is 0 Å². The van der Waals surface area contributed by atoms with Gasteiger partial charge in [0.05, 0.1) is 0 Å². The van der Waals surface area contributed by atoms with Crippen LogP contribution in [0.1, 0.15) is 33.6 Å². The van der Waals surface area contributed by atoms with Crippen molar-refractivity contribution in [2.24, 2.45) is 17.8 Å². The molecule has 0 amide bonds. The Balaban J connectivity index is 1.83. The first-order valence-electron chi connectivity index (χ1n) is 6.61. The van der Waals surface area contributed by atoms with Crippen LogP contribution < -0.4 is 5.32 Å². The Hall–Kier alpha value is -0.0800. The normalized spacial score (nSPS) is 43.4. The lowest BCUT2D eigenvalue weighted by atomic mass is 9.90. The zero-order valence-electron chi connectivity index (χ0n) is 10.5. The molecule has 0 aromatic rings. The highest BCUT2D eigenvalue weighted by Gasteiger charge is 2.29. The van der Waals surface area contributed by atoms with Crippen LogP contribution in [-0.4, -0.2) is 37.1 Å². The van der Waals surface area contributed by atoms with Gasteiger partial charge >= 0.3 is 0 Å². The van der Waals surface area contributed by atoms with Gasteiger partial charge in [-0.1, -0.05) is 13.8 Å². The van der Waals surface area contributed by atoms with Crippen molar-refractivity contribution in [3.05, 3.63) is 0 Å². The van der Waals surface area contributed by atoms with Gasteiger partial charge in [-0.3, -0.25) is 0 Å². The van der Waals surface area contributed by atoms with E-state index >= 15 is 0 Å². The minimum Gasteiger partial charge on any atom is -0.316 e. The maximum absolute atomic E-state index is 3.51. The Labute approximate surface area is 94.4 Å². The van der Waals surface area contributed by atoms with Crippen LogP contribution in [0.2, 0.25) is 0 Å². The van der Waals surface area contributed by atoms with Gasteiger partial charge < -0.3 is 10.2 Å². The molecule has 0 bridgehead atoms. The molecule has 2 aliphatic rings. The highest BCUT2D eigenvalue weighted by Crippen LogP contribution is 2.25. The summed E-state index contributed by atoms with van der Waals surface area (Å²) >= 11 is 0. The van der Waals surface area contributed by atoms with E-state index in [4.69, 9.17) is 0 Å². The van der Waals surface area contributed by atoms with Crippen molar-refractivity contribution in [3.8, 4) is 0 Å². The first-order chi connectivity index (χ1) is 7.16. The third-order valence-corrected chi connectivity index (χ3v) is 4.42. The fourth-order valence-electron chi connectivity index (χ4n) is 3.14. The molecule has 1 N–H and O–H groups in total. The Morgan fingerprint density at radius 1 is 1.20 bits per heavy atom. The highest BCUT2D eigenvalue weighted by atomic mass is 15.2. The topological polar surface area (TPSA) is 15.3 Å². The summed E-state index contributed by atoms with van der Waals surface area (Å²) in [4.78, 5) is 2.72. The van der Waals surface area contributed by atoms with E-state index in [9.17, 15) is 0 Å². The average Bonchev–Trinajstić information content (AvgIpc) is 2.57. The number of nitrogens with zero attached hydrogens (tertiary/aromatic N) is 1. The molecule has 2 saturated heterocycles. The maximum Gasteiger partial charge on any atom is 0.00696 e. The standard InChI is InChI=1S/C13H26N2/c1-10-4-5-15(12(3)6-10)9-13-8-14-7-11(13)2/h10-14H,4-9H2,1-3H3. The van der Waals surface area contributed by atoms with Crippen LogP contribution in [0.5, 0.6) is 0 Å². The second kappa shape index (κ2) is 4.84. The quantitative estimate of drug-likeness (QED) is 0.749. The Kier molecular flexibility index (Phi) is 3.68. The summed E-state index contributed by atoms with van der Waals surface area (Å²) in [6.45, 7) is 12.3. The number of nitrogens with one attached hydrogen (secondary N) is 1. The molecule has 2 rings (SSSR count). The predicted octanol–water partition coefficient (Wildman–Crippen LogP) is 1.96. The molecule has 2 aliphatic heterocycles. The maximum atomic E-state index is 3.51. The minimum absolute atomic E-state index is 0.807. The molecule has 2 fully saturated rings. The van der Waals surface area contributed by atoms with Crippen molar-refractivity contribution in [3.63, 3.8) is 0 Å². The van der Waals surface area contributed by atoms with E-state index in [0.717, 1.165) is 23.8 Å². The van der Waals surface area contributed by atoms with E-state index in [-0.39, 0.29) is 0 Å². The number of hydrogen-bond donors (Lipinski definition) is 1. The monoisotopic (exact) mass is 210 g/mol. The van der Waals surface area contributed by atoms with Gasteiger partial charge in [-0.15, -0.1) is 0 Å². The lowest BCUT2D eigenvalue weighted by Gasteiger charge is -2.38. The van der Waals surface area contributed by atoms with Crippen molar-refractivity contribution in [1.82, 2.24) is 10.2 Å². The van der Waals surface area contributed by atoms with Gasteiger partial charge in [-0.05, 0) is 57.2 Å². The summed E-state index contributed by atoms with van der Waals surface area (Å²) < 4.78 is 0. The summed E-state index contributed by atoms with van der Waals surface area (Å²) in [6.07, 6.45) is 2.80. The van der Waals surface area contributed by atoms with Crippen molar-refractivity contribution >= 4 is 0 Å². The summed E-state index contributed by atoms with van der Waals surface area (Å²) in [5.41, 5.74) is 0. The third-order valence-electron chi connectivity index (χ3n) is 4.42. The van der Waals surface area contributed by atoms with Gasteiger partial charge in [0.25, 0.3) is 0 Å². The molecule has 0 spiro atoms. The van der Waals surface area contributed by atoms with Crippen LogP contribution in [0.15, 0.2) is 0 Å². The molecule has 2 heteroatoms. The van der Waals surface area contributed by atoms with Crippen LogP contribution in [0.3, 0.4) is 0 Å². The molecular weight excluding hydrogens is 184 g/mol. The molecular formula is C13H26N2. The van der Waals surface area contributed by atoms with Gasteiger partial charge in [-0.2, -0.15) is 0 Å². The van der Waals surface area contributed by atoms with Gasteiger partial charge in [0, 0.05) is 12.6 Å². The molecule has 4 unspecified atom stereocenters. The zero-order valence-corrected chi connectivity index (χ0v) is 10.5. The summed E-state index contributed by atoms with van der Waals surface area (Å²) in [5, 5.41) is 3.51. The Morgan fingerprint density at radius 3 is 2.60 bits per heavy atom. The predicted molar refractivity (Wildman–Crippen MR) is 65.0 cm³/mol. The van der Waals surface area contributed by atoms with Crippen LogP contribution in [-0.2, 0) is 0 Å². The Bertz CT molecular complexity index is 205. The molecule has 0 aromatic heterocycles. The van der Waals surface area contributed by atoms with Gasteiger partial charge in [-0.25, -0.2) is 0 Å². The lowest BCUT2D eigenvalue weighted by molar-refractivity contribution is 0.105. The van der Waals surface area contributed by atoms with Crippen LogP contribution in [0, 0.1) is 17.8 Å². The van der Waals surface area contributed by atoms with Crippen LogP contribution in [0.4, 0.5) is 0 Å². The van der Waals surface area contributed by atoms with E-state index in [0.29, 0.717) is 0 Å². The molecule has 0 saturated carbocycles. The van der Waals surface area contributed by atoms with Crippen molar-refractivity contribution < 1.29 is 0 Å². The molecule has 2 nitrogen and oxygen atoms in total. The third kappa shape index (κ3) is 2.73. The van der Waals surface area contributed by atoms with Crippen molar-refractivity contribution in [1.29, 1.82) is 0 Å². The van der Waals surface area contributed by atoms with E-state index in [1.165, 1.54) is 39.0 Å². The zero-order chi connectivity index (χ0) is 10.8. The molecule has 0 aromatic carbocycles. The highest BCUT2D eigenvalue weighted by molar-refractivity contribution is 4.84. The summed E-state index contributed by atoms with van der Waals surface area (Å²) in [5.74, 6) is 2.70. The van der Waals surface area contributed by atoms with E-state index < -0.39 is 0 Å². The second-order valence-electron chi connectivity index (χ2n) is 5.87. The smallest absolute Gasteiger partial charge is 0.00696 e. The van der Waals surface area contributed by atoms with Crippen molar-refractivity contribution in [2.75, 3.05) is 26.2 Å². The number of piperidine rings is 1. The summed E-state index contributed by atoms with van der Waals surface area (Å²) in [7, 11) is 0. The first-order valence-corrected chi connectivity index (χ1v) is 6.61. The fraction of sp³-hybridized carbons (Fsp3) is 1.00. The van der Waals surface area contributed by atoms with E-state index in [1.54, 1.807) is 0 Å². The van der Waals surface area contributed by atoms with Gasteiger partial charge in [0.15, 0.2) is 0 Å². The van der Waals surface area contributed by atoms with Crippen molar-refractivity contribution in [2.45, 2.75) is 39.7 Å². The number of hydrogen-bond acceptors (Lipinski definition) is 2. The van der Waals surface area contributed by atoms with E-state index in [1.807, 2.05) is 0 Å².